The highest BCUT2D eigenvalue weighted by Crippen LogP contribution is 2.23. The highest BCUT2D eigenvalue weighted by molar-refractivity contribution is 9.10. The lowest BCUT2D eigenvalue weighted by Crippen LogP contribution is -2.35. The fourth-order valence-corrected chi connectivity index (χ4v) is 3.66. The van der Waals surface area contributed by atoms with Gasteiger partial charge in [-0.05, 0) is 48.1 Å². The van der Waals surface area contributed by atoms with E-state index in [4.69, 9.17) is 17.0 Å². The van der Waals surface area contributed by atoms with Crippen LogP contribution in [0.1, 0.15) is 26.3 Å². The Labute approximate surface area is 200 Å². The van der Waals surface area contributed by atoms with Crippen LogP contribution in [0.15, 0.2) is 77.3 Å². The Hall–Kier alpha value is -3.23. The average Bonchev–Trinajstić information content (AvgIpc) is 2.79. The maximum Gasteiger partial charge on any atom is 0.261 e. The number of thiocarbonyl (C=S) groups is 1. The van der Waals surface area contributed by atoms with Gasteiger partial charge >= 0.3 is 0 Å². The van der Waals surface area contributed by atoms with Crippen molar-refractivity contribution in [1.29, 1.82) is 0 Å². The highest BCUT2D eigenvalue weighted by atomic mass is 79.9. The Morgan fingerprint density at radius 2 is 1.69 bits per heavy atom. The topological polar surface area (TPSA) is 70.7 Å². The summed E-state index contributed by atoms with van der Waals surface area (Å²) in [7, 11) is 3.23. The normalized spacial score (nSPS) is 10.2. The third-order valence-electron chi connectivity index (χ3n) is 4.65. The van der Waals surface area contributed by atoms with Crippen molar-refractivity contribution in [3.63, 3.8) is 0 Å². The molecule has 0 heterocycles. The van der Waals surface area contributed by atoms with Crippen molar-refractivity contribution in [2.75, 3.05) is 19.5 Å². The molecule has 0 aromatic heterocycles. The van der Waals surface area contributed by atoms with Crippen LogP contribution in [0.25, 0.3) is 0 Å². The molecule has 0 saturated carbocycles. The summed E-state index contributed by atoms with van der Waals surface area (Å²) in [5, 5.41) is 5.67. The fraction of sp³-hybridized carbons (Fsp3) is 0.125. The van der Waals surface area contributed by atoms with E-state index < -0.39 is 5.91 Å². The molecule has 3 rings (SSSR count). The number of nitrogens with zero attached hydrogens (tertiary/aromatic N) is 1. The lowest BCUT2D eigenvalue weighted by atomic mass is 10.1. The lowest BCUT2D eigenvalue weighted by molar-refractivity contribution is 0.0786. The van der Waals surface area contributed by atoms with Crippen LogP contribution in [0, 0.1) is 0 Å². The maximum atomic E-state index is 13.0. The zero-order chi connectivity index (χ0) is 23.1. The van der Waals surface area contributed by atoms with E-state index in [1.54, 1.807) is 54.4 Å². The van der Waals surface area contributed by atoms with Gasteiger partial charge in [0.2, 0.25) is 0 Å². The number of hydrogen-bond acceptors (Lipinski definition) is 4. The van der Waals surface area contributed by atoms with Crippen molar-refractivity contribution in [1.82, 2.24) is 10.2 Å². The van der Waals surface area contributed by atoms with E-state index in [9.17, 15) is 9.59 Å². The smallest absolute Gasteiger partial charge is 0.261 e. The van der Waals surface area contributed by atoms with Crippen molar-refractivity contribution in [2.45, 2.75) is 6.54 Å². The molecule has 164 valence electrons. The Morgan fingerprint density at radius 1 is 1.00 bits per heavy atom. The van der Waals surface area contributed by atoms with E-state index in [1.165, 1.54) is 7.11 Å². The molecular formula is C24H22BrN3O3S. The molecule has 0 aliphatic carbocycles. The van der Waals surface area contributed by atoms with Crippen molar-refractivity contribution in [3.05, 3.63) is 94.0 Å². The molecule has 0 unspecified atom stereocenters. The summed E-state index contributed by atoms with van der Waals surface area (Å²) in [6.07, 6.45) is 0. The Balaban J connectivity index is 1.72. The van der Waals surface area contributed by atoms with E-state index in [0.717, 1.165) is 10.0 Å². The zero-order valence-electron chi connectivity index (χ0n) is 17.6. The molecule has 3 aromatic rings. The highest BCUT2D eigenvalue weighted by Gasteiger charge is 2.18. The van der Waals surface area contributed by atoms with Gasteiger partial charge in [0.1, 0.15) is 5.75 Å². The predicted molar refractivity (Wildman–Crippen MR) is 133 cm³/mol. The van der Waals surface area contributed by atoms with Gasteiger partial charge in [-0.25, -0.2) is 0 Å². The van der Waals surface area contributed by atoms with Crippen LogP contribution in [0.2, 0.25) is 0 Å². The summed E-state index contributed by atoms with van der Waals surface area (Å²) in [6, 6.07) is 21.9. The van der Waals surface area contributed by atoms with Crippen LogP contribution >= 0.6 is 28.1 Å². The van der Waals surface area contributed by atoms with Crippen molar-refractivity contribution < 1.29 is 14.3 Å². The standard InChI is InChI=1S/C24H22BrN3O3S/c1-28(15-16-8-4-3-5-9-16)23(30)18-10-6-7-11-20(18)26-24(32)27-22(29)19-14-17(25)12-13-21(19)31-2/h3-14H,15H2,1-2H3,(H2,26,27,29,32). The monoisotopic (exact) mass is 511 g/mol. The van der Waals surface area contributed by atoms with Gasteiger partial charge in [0.15, 0.2) is 5.11 Å². The van der Waals surface area contributed by atoms with Crippen LogP contribution in [0.3, 0.4) is 0 Å². The average molecular weight is 512 g/mol. The van der Waals surface area contributed by atoms with Crippen LogP contribution < -0.4 is 15.4 Å². The summed E-state index contributed by atoms with van der Waals surface area (Å²) < 4.78 is 5.99. The fourth-order valence-electron chi connectivity index (χ4n) is 3.09. The number of amides is 2. The van der Waals surface area contributed by atoms with Gasteiger partial charge in [-0.2, -0.15) is 0 Å². The third-order valence-corrected chi connectivity index (χ3v) is 5.35. The Kier molecular flexibility index (Phi) is 7.97. The molecule has 0 atom stereocenters. The number of halogens is 1. The lowest BCUT2D eigenvalue weighted by Gasteiger charge is -2.20. The molecule has 0 saturated heterocycles. The quantitative estimate of drug-likeness (QED) is 0.462. The Bertz CT molecular complexity index is 1140. The molecule has 6 nitrogen and oxygen atoms in total. The minimum Gasteiger partial charge on any atom is -0.496 e. The van der Waals surface area contributed by atoms with Crippen molar-refractivity contribution in [2.24, 2.45) is 0 Å². The van der Waals surface area contributed by atoms with Gasteiger partial charge < -0.3 is 15.0 Å². The van der Waals surface area contributed by atoms with Gasteiger partial charge in [-0.1, -0.05) is 58.4 Å². The zero-order valence-corrected chi connectivity index (χ0v) is 20.0. The molecule has 3 aromatic carbocycles. The SMILES string of the molecule is COc1ccc(Br)cc1C(=O)NC(=S)Nc1ccccc1C(=O)N(C)Cc1ccccc1. The van der Waals surface area contributed by atoms with E-state index in [0.29, 0.717) is 29.1 Å². The minimum absolute atomic E-state index is 0.0722. The summed E-state index contributed by atoms with van der Waals surface area (Å²) in [4.78, 5) is 27.4. The van der Waals surface area contributed by atoms with E-state index in [2.05, 4.69) is 26.6 Å². The molecule has 0 radical (unpaired) electrons. The number of benzene rings is 3. The van der Waals surface area contributed by atoms with Gasteiger partial charge in [-0.3, -0.25) is 14.9 Å². The number of methoxy groups -OCH3 is 1. The predicted octanol–water partition coefficient (Wildman–Crippen LogP) is 4.86. The molecule has 0 aliphatic heterocycles. The summed E-state index contributed by atoms with van der Waals surface area (Å²) >= 11 is 8.67. The first-order valence-corrected chi connectivity index (χ1v) is 10.9. The van der Waals surface area contributed by atoms with Gasteiger partial charge in [0.05, 0.1) is 23.9 Å². The van der Waals surface area contributed by atoms with Crippen LogP contribution in [-0.4, -0.2) is 36.0 Å². The minimum atomic E-state index is -0.425. The van der Waals surface area contributed by atoms with E-state index >= 15 is 0 Å². The molecule has 2 N–H and O–H groups in total. The second-order valence-electron chi connectivity index (χ2n) is 6.95. The summed E-state index contributed by atoms with van der Waals surface area (Å²) in [5.74, 6) is -0.169. The molecule has 2 amide bonds. The molecule has 8 heteroatoms. The van der Waals surface area contributed by atoms with Gasteiger partial charge in [0.25, 0.3) is 11.8 Å². The molecular weight excluding hydrogens is 490 g/mol. The van der Waals surface area contributed by atoms with Crippen LogP contribution in [0.5, 0.6) is 5.75 Å². The Morgan fingerprint density at radius 3 is 2.41 bits per heavy atom. The number of rotatable bonds is 6. The van der Waals surface area contributed by atoms with Crippen molar-refractivity contribution in [3.8, 4) is 5.75 Å². The first kappa shape index (κ1) is 23.4. The van der Waals surface area contributed by atoms with E-state index in [1.807, 2.05) is 30.3 Å². The maximum absolute atomic E-state index is 13.0. The largest absolute Gasteiger partial charge is 0.496 e. The van der Waals surface area contributed by atoms with E-state index in [-0.39, 0.29) is 11.0 Å². The molecule has 0 spiro atoms. The van der Waals surface area contributed by atoms with Crippen molar-refractivity contribution >= 4 is 50.8 Å². The second kappa shape index (κ2) is 10.9. The van der Waals surface area contributed by atoms with Gasteiger partial charge in [-0.15, -0.1) is 0 Å². The molecule has 32 heavy (non-hydrogen) atoms. The number of ether oxygens (including phenoxy) is 1. The summed E-state index contributed by atoms with van der Waals surface area (Å²) in [6.45, 7) is 0.470. The van der Waals surface area contributed by atoms with Gasteiger partial charge in [0, 0.05) is 18.1 Å². The molecule has 0 aliphatic rings. The number of nitrogens with one attached hydrogen (secondary N) is 2. The first-order valence-electron chi connectivity index (χ1n) is 9.73. The van der Waals surface area contributed by atoms with Crippen LogP contribution in [0.4, 0.5) is 5.69 Å². The molecule has 0 bridgehead atoms. The number of hydrogen-bond donors (Lipinski definition) is 2. The number of anilines is 1. The number of carbonyl (C=O) groups is 2. The third kappa shape index (κ3) is 5.93. The van der Waals surface area contributed by atoms with Crippen LogP contribution in [-0.2, 0) is 6.54 Å². The summed E-state index contributed by atoms with van der Waals surface area (Å²) in [5.41, 5.74) is 2.31. The second-order valence-corrected chi connectivity index (χ2v) is 8.27. The first-order chi connectivity index (χ1) is 15.4. The number of carbonyl (C=O) groups excluding carboxylic acids is 2. The molecule has 0 fully saturated rings. The number of para-hydroxylation sites is 1.